The van der Waals surface area contributed by atoms with Crippen molar-refractivity contribution in [3.05, 3.63) is 82.7 Å². The van der Waals surface area contributed by atoms with Crippen molar-refractivity contribution in [1.82, 2.24) is 10.2 Å². The van der Waals surface area contributed by atoms with Gasteiger partial charge in [-0.2, -0.15) is 0 Å². The van der Waals surface area contributed by atoms with Gasteiger partial charge in [-0.15, -0.1) is 21.5 Å². The number of rotatable bonds is 6. The number of benzene rings is 2. The second kappa shape index (κ2) is 8.68. The normalized spacial score (nSPS) is 10.8. The number of aromatic nitrogens is 2. The smallest absolute Gasteiger partial charge is 0.267 e. The Bertz CT molecular complexity index is 1070. The summed E-state index contributed by atoms with van der Waals surface area (Å²) in [6.45, 7) is 2.03. The molecule has 1 amide bonds. The Hall–Kier alpha value is -2.48. The molecule has 0 saturated carbocycles. The molecule has 0 aliphatic heterocycles. The fraction of sp³-hybridized carbons (Fsp3) is 0.0952. The van der Waals surface area contributed by atoms with Crippen LogP contribution in [-0.4, -0.2) is 16.1 Å². The number of carbonyl (C=O) groups is 1. The first kappa shape index (κ1) is 18.9. The molecule has 2 aromatic carbocycles. The highest BCUT2D eigenvalue weighted by atomic mass is 32.2. The van der Waals surface area contributed by atoms with Crippen LogP contribution in [0.15, 0.2) is 71.1 Å². The predicted octanol–water partition coefficient (Wildman–Crippen LogP) is 6.12. The predicted molar refractivity (Wildman–Crippen MR) is 118 cm³/mol. The number of hydrogen-bond donors (Lipinski definition) is 1. The van der Waals surface area contributed by atoms with Gasteiger partial charge in [0.25, 0.3) is 5.91 Å². The molecule has 4 rings (SSSR count). The SMILES string of the molecule is Cc1cc(C(=O)Nc2nnc(SCc3ccccc3)s2)sc1-c1ccccc1. The van der Waals surface area contributed by atoms with Gasteiger partial charge in [0.05, 0.1) is 4.88 Å². The van der Waals surface area contributed by atoms with Crippen molar-refractivity contribution in [2.45, 2.75) is 17.0 Å². The molecule has 0 aliphatic carbocycles. The fourth-order valence-electron chi connectivity index (χ4n) is 2.67. The van der Waals surface area contributed by atoms with Crippen LogP contribution in [0.5, 0.6) is 0 Å². The molecule has 2 heterocycles. The first-order valence-corrected chi connectivity index (χ1v) is 11.3. The number of nitrogens with one attached hydrogen (secondary N) is 1. The van der Waals surface area contributed by atoms with Crippen molar-refractivity contribution in [1.29, 1.82) is 0 Å². The molecule has 7 heteroatoms. The number of nitrogens with zero attached hydrogens (tertiary/aromatic N) is 2. The van der Waals surface area contributed by atoms with Crippen LogP contribution in [0.2, 0.25) is 0 Å². The van der Waals surface area contributed by atoms with Gasteiger partial charge in [-0.3, -0.25) is 10.1 Å². The number of anilines is 1. The van der Waals surface area contributed by atoms with E-state index in [9.17, 15) is 4.79 Å². The quantitative estimate of drug-likeness (QED) is 0.300. The topological polar surface area (TPSA) is 54.9 Å². The van der Waals surface area contributed by atoms with E-state index in [0.717, 1.165) is 26.1 Å². The Morgan fingerprint density at radius 1 is 1.00 bits per heavy atom. The first-order chi connectivity index (χ1) is 13.7. The molecule has 140 valence electrons. The Labute approximate surface area is 175 Å². The third-order valence-electron chi connectivity index (χ3n) is 4.01. The third kappa shape index (κ3) is 4.49. The number of aryl methyl sites for hydroxylation is 1. The van der Waals surface area contributed by atoms with Crippen molar-refractivity contribution in [2.24, 2.45) is 0 Å². The van der Waals surface area contributed by atoms with E-state index in [2.05, 4.69) is 39.8 Å². The Kier molecular flexibility index (Phi) is 5.85. The zero-order valence-corrected chi connectivity index (χ0v) is 17.5. The van der Waals surface area contributed by atoms with Gasteiger partial charge in [0.2, 0.25) is 5.13 Å². The number of carbonyl (C=O) groups excluding carboxylic acids is 1. The molecule has 0 aliphatic rings. The largest absolute Gasteiger partial charge is 0.296 e. The minimum Gasteiger partial charge on any atom is -0.296 e. The van der Waals surface area contributed by atoms with Gasteiger partial charge in [-0.05, 0) is 29.7 Å². The molecule has 1 N–H and O–H groups in total. The van der Waals surface area contributed by atoms with Crippen LogP contribution in [0.4, 0.5) is 5.13 Å². The monoisotopic (exact) mass is 423 g/mol. The summed E-state index contributed by atoms with van der Waals surface area (Å²) in [5.74, 6) is 0.680. The highest BCUT2D eigenvalue weighted by Gasteiger charge is 2.16. The number of hydrogen-bond acceptors (Lipinski definition) is 6. The van der Waals surface area contributed by atoms with Crippen LogP contribution in [0.1, 0.15) is 20.8 Å². The minimum absolute atomic E-state index is 0.147. The highest BCUT2D eigenvalue weighted by Crippen LogP contribution is 2.33. The maximum Gasteiger partial charge on any atom is 0.267 e. The van der Waals surface area contributed by atoms with Gasteiger partial charge >= 0.3 is 0 Å². The van der Waals surface area contributed by atoms with Gasteiger partial charge in [0.15, 0.2) is 4.34 Å². The summed E-state index contributed by atoms with van der Waals surface area (Å²) in [6.07, 6.45) is 0. The van der Waals surface area contributed by atoms with E-state index in [1.807, 2.05) is 49.4 Å². The molecular weight excluding hydrogens is 406 g/mol. The van der Waals surface area contributed by atoms with Gasteiger partial charge in [-0.1, -0.05) is 83.8 Å². The van der Waals surface area contributed by atoms with Crippen LogP contribution in [-0.2, 0) is 5.75 Å². The maximum absolute atomic E-state index is 12.6. The lowest BCUT2D eigenvalue weighted by Crippen LogP contribution is -2.09. The molecule has 0 atom stereocenters. The van der Waals surface area contributed by atoms with Crippen LogP contribution in [0, 0.1) is 6.92 Å². The molecule has 4 nitrogen and oxygen atoms in total. The molecule has 28 heavy (non-hydrogen) atoms. The summed E-state index contributed by atoms with van der Waals surface area (Å²) in [4.78, 5) is 14.4. The minimum atomic E-state index is -0.147. The lowest BCUT2D eigenvalue weighted by Gasteiger charge is -1.98. The lowest BCUT2D eigenvalue weighted by atomic mass is 10.1. The molecule has 4 aromatic rings. The van der Waals surface area contributed by atoms with Crippen molar-refractivity contribution < 1.29 is 4.79 Å². The Balaban J connectivity index is 1.41. The summed E-state index contributed by atoms with van der Waals surface area (Å²) in [6, 6.07) is 22.2. The maximum atomic E-state index is 12.6. The molecule has 0 radical (unpaired) electrons. The van der Waals surface area contributed by atoms with Gasteiger partial charge in [0.1, 0.15) is 0 Å². The molecule has 0 fully saturated rings. The summed E-state index contributed by atoms with van der Waals surface area (Å²) in [5.41, 5.74) is 3.45. The van der Waals surface area contributed by atoms with Crippen LogP contribution >= 0.6 is 34.4 Å². The lowest BCUT2D eigenvalue weighted by molar-refractivity contribution is 0.103. The third-order valence-corrected chi connectivity index (χ3v) is 7.34. The molecule has 0 bridgehead atoms. The summed E-state index contributed by atoms with van der Waals surface area (Å²) in [7, 11) is 0. The standard InChI is InChI=1S/C21H17N3OS3/c1-14-12-17(27-18(14)16-10-6-3-7-11-16)19(25)22-20-23-24-21(28-20)26-13-15-8-4-2-5-9-15/h2-12H,13H2,1H3,(H,22,23,25). The molecule has 2 aromatic heterocycles. The van der Waals surface area contributed by atoms with Gasteiger partial charge in [-0.25, -0.2) is 0 Å². The van der Waals surface area contributed by atoms with Gasteiger partial charge in [0, 0.05) is 10.6 Å². The average molecular weight is 424 g/mol. The van der Waals surface area contributed by atoms with E-state index in [1.165, 1.54) is 28.2 Å². The average Bonchev–Trinajstić information content (AvgIpc) is 3.34. The zero-order valence-electron chi connectivity index (χ0n) is 15.1. The second-order valence-corrected chi connectivity index (χ2v) is 9.34. The van der Waals surface area contributed by atoms with E-state index in [1.54, 1.807) is 11.8 Å². The van der Waals surface area contributed by atoms with Crippen molar-refractivity contribution in [3.8, 4) is 10.4 Å². The van der Waals surface area contributed by atoms with E-state index < -0.39 is 0 Å². The summed E-state index contributed by atoms with van der Waals surface area (Å²) >= 11 is 4.51. The molecule has 0 unspecified atom stereocenters. The van der Waals surface area contributed by atoms with Crippen molar-refractivity contribution >= 4 is 45.5 Å². The molecule has 0 saturated heterocycles. The van der Waals surface area contributed by atoms with Crippen LogP contribution in [0.3, 0.4) is 0 Å². The highest BCUT2D eigenvalue weighted by molar-refractivity contribution is 8.00. The zero-order chi connectivity index (χ0) is 19.3. The van der Waals surface area contributed by atoms with Crippen molar-refractivity contribution in [2.75, 3.05) is 5.32 Å². The number of thioether (sulfide) groups is 1. The summed E-state index contributed by atoms with van der Waals surface area (Å²) in [5, 5.41) is 11.7. The van der Waals surface area contributed by atoms with Gasteiger partial charge < -0.3 is 0 Å². The number of thiophene rings is 1. The van der Waals surface area contributed by atoms with E-state index in [-0.39, 0.29) is 5.91 Å². The van der Waals surface area contributed by atoms with Crippen molar-refractivity contribution in [3.63, 3.8) is 0 Å². The second-order valence-electron chi connectivity index (χ2n) is 6.09. The van der Waals surface area contributed by atoms with Crippen LogP contribution in [0.25, 0.3) is 10.4 Å². The first-order valence-electron chi connectivity index (χ1n) is 8.66. The van der Waals surface area contributed by atoms with E-state index in [0.29, 0.717) is 10.0 Å². The number of amides is 1. The summed E-state index contributed by atoms with van der Waals surface area (Å²) < 4.78 is 0.839. The molecular formula is C21H17N3OS3. The molecule has 0 spiro atoms. The van der Waals surface area contributed by atoms with E-state index in [4.69, 9.17) is 0 Å². The Morgan fingerprint density at radius 3 is 2.46 bits per heavy atom. The Morgan fingerprint density at radius 2 is 1.71 bits per heavy atom. The van der Waals surface area contributed by atoms with Crippen LogP contribution < -0.4 is 5.32 Å². The van der Waals surface area contributed by atoms with E-state index >= 15 is 0 Å². The fourth-order valence-corrected chi connectivity index (χ4v) is 5.44.